The van der Waals surface area contributed by atoms with Crippen molar-refractivity contribution in [3.8, 4) is 17.0 Å². The van der Waals surface area contributed by atoms with Crippen LogP contribution in [0.15, 0.2) is 39.9 Å². The van der Waals surface area contributed by atoms with Crippen LogP contribution in [0, 0.1) is 0 Å². The molecule has 0 saturated carbocycles. The Morgan fingerprint density at radius 2 is 1.95 bits per heavy atom. The van der Waals surface area contributed by atoms with E-state index < -0.39 is 8.07 Å². The van der Waals surface area contributed by atoms with Crippen molar-refractivity contribution >= 4 is 40.7 Å². The summed E-state index contributed by atoms with van der Waals surface area (Å²) in [6.45, 7) is 8.65. The van der Waals surface area contributed by atoms with Crippen molar-refractivity contribution in [2.24, 2.45) is 0 Å². The summed E-state index contributed by atoms with van der Waals surface area (Å²) in [4.78, 5) is 32.0. The molecule has 1 aliphatic rings. The second-order valence-electron chi connectivity index (χ2n) is 11.0. The smallest absolute Gasteiger partial charge is 0.279 e. The molecule has 0 amide bonds. The number of hydrogen-bond donors (Lipinski definition) is 1. The van der Waals surface area contributed by atoms with Gasteiger partial charge in [-0.1, -0.05) is 49.4 Å². The van der Waals surface area contributed by atoms with Crippen molar-refractivity contribution < 1.29 is 14.6 Å². The number of hydrogen-bond acceptors (Lipinski definition) is 7. The Labute approximate surface area is 226 Å². The van der Waals surface area contributed by atoms with E-state index in [0.717, 1.165) is 35.6 Å². The number of aryl methyl sites for hydroxylation is 1. The normalized spacial score (nSPS) is 14.3. The molecule has 1 N–H and O–H groups in total. The molecular formula is C28H35N3O5SSi. The molecule has 0 unspecified atom stereocenters. The van der Waals surface area contributed by atoms with Crippen LogP contribution in [0.3, 0.4) is 0 Å². The summed E-state index contributed by atoms with van der Waals surface area (Å²) < 4.78 is 16.5. The minimum absolute atomic E-state index is 0.0189. The number of rotatable bonds is 7. The van der Waals surface area contributed by atoms with Gasteiger partial charge >= 0.3 is 0 Å². The number of ether oxygens (including phenoxy) is 2. The van der Waals surface area contributed by atoms with E-state index in [1.165, 1.54) is 11.5 Å². The van der Waals surface area contributed by atoms with Crippen LogP contribution >= 0.6 is 11.5 Å². The van der Waals surface area contributed by atoms with Gasteiger partial charge in [-0.2, -0.15) is 0 Å². The summed E-state index contributed by atoms with van der Waals surface area (Å²) in [6.07, 6.45) is 3.03. The fraction of sp³-hybridized carbons (Fsp3) is 0.464. The SMILES string of the molecule is C[Si](C)(C)CCOCn1c(=O)c2nc3c(c(CCO)ccc31)OCCCCCn1sc3c-2cccc3c1=O. The highest BCUT2D eigenvalue weighted by atomic mass is 32.1. The molecule has 202 valence electrons. The Bertz CT molecular complexity index is 1580. The quantitative estimate of drug-likeness (QED) is 0.260. The van der Waals surface area contributed by atoms with Crippen LogP contribution in [0.25, 0.3) is 32.4 Å². The average molecular weight is 554 g/mol. The zero-order valence-corrected chi connectivity index (χ0v) is 24.1. The summed E-state index contributed by atoms with van der Waals surface area (Å²) in [7, 11) is -1.30. The first-order chi connectivity index (χ1) is 18.3. The third kappa shape index (κ3) is 5.35. The molecule has 38 heavy (non-hydrogen) atoms. The van der Waals surface area contributed by atoms with Gasteiger partial charge in [-0.15, -0.1) is 0 Å². The Hall–Kier alpha value is -2.79. The van der Waals surface area contributed by atoms with Gasteiger partial charge in [-0.3, -0.25) is 18.1 Å². The predicted octanol–water partition coefficient (Wildman–Crippen LogP) is 4.85. The summed E-state index contributed by atoms with van der Waals surface area (Å²) in [5, 5.41) is 10.3. The van der Waals surface area contributed by atoms with Crippen molar-refractivity contribution in [3.63, 3.8) is 0 Å². The van der Waals surface area contributed by atoms with Crippen molar-refractivity contribution in [2.45, 2.75) is 64.6 Å². The molecule has 2 aromatic carbocycles. The van der Waals surface area contributed by atoms with E-state index in [2.05, 4.69) is 19.6 Å². The number of aliphatic hydroxyl groups excluding tert-OH is 1. The van der Waals surface area contributed by atoms with Crippen LogP contribution in [0.4, 0.5) is 0 Å². The van der Waals surface area contributed by atoms with Crippen LogP contribution in [-0.4, -0.2) is 46.5 Å². The van der Waals surface area contributed by atoms with Crippen molar-refractivity contribution in [1.29, 1.82) is 0 Å². The molecular weight excluding hydrogens is 518 g/mol. The van der Waals surface area contributed by atoms with Gasteiger partial charge in [-0.05, 0) is 49.4 Å². The zero-order chi connectivity index (χ0) is 26.9. The molecule has 10 heteroatoms. The third-order valence-electron chi connectivity index (χ3n) is 6.93. The Morgan fingerprint density at radius 3 is 2.74 bits per heavy atom. The summed E-state index contributed by atoms with van der Waals surface area (Å²) in [6, 6.07) is 10.3. The predicted molar refractivity (Wildman–Crippen MR) is 155 cm³/mol. The van der Waals surface area contributed by atoms with E-state index in [4.69, 9.17) is 14.5 Å². The number of fused-ring (bicyclic) bond motifs is 3. The van der Waals surface area contributed by atoms with Crippen LogP contribution in [0.1, 0.15) is 24.8 Å². The maximum absolute atomic E-state index is 14.0. The minimum atomic E-state index is -1.30. The number of aromatic nitrogens is 3. The van der Waals surface area contributed by atoms with Gasteiger partial charge in [0.15, 0.2) is 0 Å². The lowest BCUT2D eigenvalue weighted by Crippen LogP contribution is -2.27. The highest BCUT2D eigenvalue weighted by Gasteiger charge is 2.22. The standard InChI is InChI=1S/C28H35N3O5SSi/c1-38(2,3)17-16-35-18-30-22-11-10-19(12-14-32)25-24(22)29-23(28(30)34)20-8-7-9-21-26(20)37-31(27(21)33)13-5-4-6-15-36-25/h7-11,32H,4-6,12-18H2,1-3H3. The fourth-order valence-corrected chi connectivity index (χ4v) is 6.67. The average Bonchev–Trinajstić information content (AvgIpc) is 3.20. The highest BCUT2D eigenvalue weighted by Crippen LogP contribution is 2.33. The summed E-state index contributed by atoms with van der Waals surface area (Å²) >= 11 is 1.40. The van der Waals surface area contributed by atoms with E-state index in [1.54, 1.807) is 8.52 Å². The molecule has 2 aromatic heterocycles. The molecule has 0 atom stereocenters. The Kier molecular flexibility index (Phi) is 7.85. The van der Waals surface area contributed by atoms with Crippen molar-refractivity contribution in [3.05, 3.63) is 56.6 Å². The van der Waals surface area contributed by atoms with Gasteiger partial charge in [0, 0.05) is 33.4 Å². The van der Waals surface area contributed by atoms with Crippen LogP contribution in [0.5, 0.6) is 5.75 Å². The van der Waals surface area contributed by atoms with Gasteiger partial charge in [0.1, 0.15) is 23.7 Å². The first-order valence-electron chi connectivity index (χ1n) is 13.3. The van der Waals surface area contributed by atoms with Gasteiger partial charge in [0.05, 0.1) is 22.2 Å². The Balaban J connectivity index is 1.76. The first-order valence-corrected chi connectivity index (χ1v) is 17.8. The molecule has 0 saturated heterocycles. The fourth-order valence-electron chi connectivity index (χ4n) is 4.77. The third-order valence-corrected chi connectivity index (χ3v) is 9.83. The van der Waals surface area contributed by atoms with E-state index in [9.17, 15) is 14.7 Å². The maximum atomic E-state index is 14.0. The summed E-state index contributed by atoms with van der Waals surface area (Å²) in [5.74, 6) is 0.601. The molecule has 0 spiro atoms. The molecule has 5 rings (SSSR count). The van der Waals surface area contributed by atoms with E-state index in [1.807, 2.05) is 30.3 Å². The molecule has 8 nitrogen and oxygen atoms in total. The molecule has 0 radical (unpaired) electrons. The van der Waals surface area contributed by atoms with Gasteiger partial charge in [0.2, 0.25) is 0 Å². The number of nitrogens with zero attached hydrogens (tertiary/aromatic N) is 3. The van der Waals surface area contributed by atoms with Crippen LogP contribution in [0.2, 0.25) is 25.7 Å². The molecule has 1 aliphatic heterocycles. The van der Waals surface area contributed by atoms with Gasteiger partial charge in [-0.25, -0.2) is 4.98 Å². The second kappa shape index (κ2) is 11.1. The van der Waals surface area contributed by atoms with Crippen LogP contribution in [-0.2, 0) is 24.4 Å². The van der Waals surface area contributed by atoms with Gasteiger partial charge in [0.25, 0.3) is 11.1 Å². The monoisotopic (exact) mass is 553 g/mol. The maximum Gasteiger partial charge on any atom is 0.279 e. The van der Waals surface area contributed by atoms with Gasteiger partial charge < -0.3 is 14.6 Å². The van der Waals surface area contributed by atoms with Crippen molar-refractivity contribution in [2.75, 3.05) is 19.8 Å². The van der Waals surface area contributed by atoms with E-state index in [0.29, 0.717) is 53.9 Å². The molecule has 0 fully saturated rings. The zero-order valence-electron chi connectivity index (χ0n) is 22.3. The lowest BCUT2D eigenvalue weighted by atomic mass is 10.1. The van der Waals surface area contributed by atoms with E-state index >= 15 is 0 Å². The Morgan fingerprint density at radius 1 is 1.11 bits per heavy atom. The van der Waals surface area contributed by atoms with Crippen molar-refractivity contribution in [1.82, 2.24) is 13.5 Å². The highest BCUT2D eigenvalue weighted by molar-refractivity contribution is 7.14. The van der Waals surface area contributed by atoms with E-state index in [-0.39, 0.29) is 30.2 Å². The molecule has 4 bridgehead atoms. The topological polar surface area (TPSA) is 95.6 Å². The second-order valence-corrected chi connectivity index (χ2v) is 17.7. The molecule has 0 aliphatic carbocycles. The lowest BCUT2D eigenvalue weighted by Gasteiger charge is -2.19. The largest absolute Gasteiger partial charge is 0.491 e. The number of aliphatic hydroxyl groups is 1. The molecule has 4 aromatic rings. The first kappa shape index (κ1) is 26.8. The lowest BCUT2D eigenvalue weighted by molar-refractivity contribution is 0.0878. The molecule has 3 heterocycles. The summed E-state index contributed by atoms with van der Waals surface area (Å²) in [5.41, 5.74) is 2.67. The number of benzene rings is 2. The van der Waals surface area contributed by atoms with Crippen LogP contribution < -0.4 is 15.9 Å². The minimum Gasteiger partial charge on any atom is -0.491 e.